The number of benzene rings is 1. The van der Waals surface area contributed by atoms with E-state index in [1.54, 1.807) is 12.1 Å². The van der Waals surface area contributed by atoms with Gasteiger partial charge in [0.1, 0.15) is 0 Å². The quantitative estimate of drug-likeness (QED) is 0.664. The zero-order chi connectivity index (χ0) is 17.0. The standard InChI is InChI=1S/C16H23N3O4S.ClH/c20-16(19-13-7-8-17-10-13)12-3-5-15(6-4-12)24(21,22)18-11-14-2-1-9-23-14;/h3-6,13-14,17-18H,1-2,7-11H2,(H,19,20);1H. The summed E-state index contributed by atoms with van der Waals surface area (Å²) in [6.45, 7) is 2.63. The molecule has 0 spiro atoms. The maximum absolute atomic E-state index is 12.3. The molecule has 2 heterocycles. The van der Waals surface area contributed by atoms with Gasteiger partial charge in [-0.2, -0.15) is 0 Å². The third-order valence-corrected chi connectivity index (χ3v) is 5.79. The van der Waals surface area contributed by atoms with Gasteiger partial charge in [0.25, 0.3) is 5.91 Å². The van der Waals surface area contributed by atoms with Crippen LogP contribution in [-0.2, 0) is 14.8 Å². The minimum Gasteiger partial charge on any atom is -0.377 e. The molecule has 140 valence electrons. The van der Waals surface area contributed by atoms with Gasteiger partial charge < -0.3 is 15.4 Å². The highest BCUT2D eigenvalue weighted by Gasteiger charge is 2.21. The van der Waals surface area contributed by atoms with Crippen molar-refractivity contribution in [2.75, 3.05) is 26.2 Å². The first kappa shape index (κ1) is 20.1. The molecule has 0 aromatic heterocycles. The van der Waals surface area contributed by atoms with Gasteiger partial charge in [0.15, 0.2) is 0 Å². The van der Waals surface area contributed by atoms with Crippen molar-refractivity contribution in [1.82, 2.24) is 15.4 Å². The highest BCUT2D eigenvalue weighted by molar-refractivity contribution is 7.89. The van der Waals surface area contributed by atoms with Crippen molar-refractivity contribution < 1.29 is 17.9 Å². The number of sulfonamides is 1. The number of carbonyl (C=O) groups is 1. The number of ether oxygens (including phenoxy) is 1. The summed E-state index contributed by atoms with van der Waals surface area (Å²) in [7, 11) is -3.58. The zero-order valence-electron chi connectivity index (χ0n) is 13.9. The molecule has 1 amide bonds. The summed E-state index contributed by atoms with van der Waals surface area (Å²) in [5.41, 5.74) is 0.458. The van der Waals surface area contributed by atoms with Gasteiger partial charge in [0.2, 0.25) is 10.0 Å². The van der Waals surface area contributed by atoms with E-state index >= 15 is 0 Å². The van der Waals surface area contributed by atoms with Crippen LogP contribution in [-0.4, -0.2) is 52.7 Å². The molecule has 2 aliphatic rings. The monoisotopic (exact) mass is 389 g/mol. The number of hydrogen-bond acceptors (Lipinski definition) is 5. The highest BCUT2D eigenvalue weighted by atomic mass is 35.5. The summed E-state index contributed by atoms with van der Waals surface area (Å²) in [6, 6.07) is 6.13. The molecule has 9 heteroatoms. The van der Waals surface area contributed by atoms with Gasteiger partial charge in [-0.25, -0.2) is 13.1 Å². The van der Waals surface area contributed by atoms with E-state index < -0.39 is 10.0 Å². The van der Waals surface area contributed by atoms with Gasteiger partial charge in [-0.15, -0.1) is 12.4 Å². The molecule has 7 nitrogen and oxygen atoms in total. The van der Waals surface area contributed by atoms with E-state index in [-0.39, 0.29) is 41.9 Å². The van der Waals surface area contributed by atoms with E-state index in [1.165, 1.54) is 12.1 Å². The number of rotatable bonds is 6. The van der Waals surface area contributed by atoms with Crippen LogP contribution in [0.5, 0.6) is 0 Å². The van der Waals surface area contributed by atoms with Crippen molar-refractivity contribution in [3.05, 3.63) is 29.8 Å². The first-order valence-corrected chi connectivity index (χ1v) is 9.76. The van der Waals surface area contributed by atoms with Crippen LogP contribution >= 0.6 is 12.4 Å². The second-order valence-corrected chi connectivity index (χ2v) is 7.94. The van der Waals surface area contributed by atoms with E-state index in [0.29, 0.717) is 12.2 Å². The Labute approximate surface area is 154 Å². The zero-order valence-corrected chi connectivity index (χ0v) is 15.5. The molecule has 1 aromatic carbocycles. The molecule has 3 N–H and O–H groups in total. The summed E-state index contributed by atoms with van der Waals surface area (Å²) in [4.78, 5) is 12.3. The molecular weight excluding hydrogens is 366 g/mol. The molecule has 2 unspecified atom stereocenters. The number of amides is 1. The van der Waals surface area contributed by atoms with Crippen LogP contribution in [0.1, 0.15) is 29.6 Å². The van der Waals surface area contributed by atoms with Crippen molar-refractivity contribution in [2.45, 2.75) is 36.3 Å². The lowest BCUT2D eigenvalue weighted by Crippen LogP contribution is -2.36. The first-order chi connectivity index (χ1) is 11.5. The molecular formula is C16H24ClN3O4S. The van der Waals surface area contributed by atoms with Crippen LogP contribution in [0.4, 0.5) is 0 Å². The van der Waals surface area contributed by atoms with E-state index in [0.717, 1.165) is 32.4 Å². The molecule has 0 saturated carbocycles. The van der Waals surface area contributed by atoms with Gasteiger partial charge in [0.05, 0.1) is 11.0 Å². The summed E-state index contributed by atoms with van der Waals surface area (Å²) in [6.07, 6.45) is 2.69. The maximum atomic E-state index is 12.3. The lowest BCUT2D eigenvalue weighted by molar-refractivity contribution is 0.0940. The average molecular weight is 390 g/mol. The fraction of sp³-hybridized carbons (Fsp3) is 0.562. The molecule has 0 aliphatic carbocycles. The molecule has 2 saturated heterocycles. The lowest BCUT2D eigenvalue weighted by atomic mass is 10.2. The molecule has 1 aromatic rings. The Bertz CT molecular complexity index is 669. The number of halogens is 1. The fourth-order valence-electron chi connectivity index (χ4n) is 2.92. The van der Waals surface area contributed by atoms with Crippen molar-refractivity contribution in [1.29, 1.82) is 0 Å². The van der Waals surface area contributed by atoms with E-state index in [2.05, 4.69) is 15.4 Å². The Morgan fingerprint density at radius 3 is 2.60 bits per heavy atom. The summed E-state index contributed by atoms with van der Waals surface area (Å²) >= 11 is 0. The predicted octanol–water partition coefficient (Wildman–Crippen LogP) is 0.657. The van der Waals surface area contributed by atoms with Crippen molar-refractivity contribution in [3.8, 4) is 0 Å². The Kier molecular flexibility index (Phi) is 7.21. The highest BCUT2D eigenvalue weighted by Crippen LogP contribution is 2.14. The fourth-order valence-corrected chi connectivity index (χ4v) is 3.99. The Morgan fingerprint density at radius 2 is 2.00 bits per heavy atom. The summed E-state index contributed by atoms with van der Waals surface area (Å²) in [5.74, 6) is -0.181. The summed E-state index contributed by atoms with van der Waals surface area (Å²) < 4.78 is 32.5. The van der Waals surface area contributed by atoms with Crippen LogP contribution in [0.2, 0.25) is 0 Å². The molecule has 3 rings (SSSR count). The van der Waals surface area contributed by atoms with Crippen LogP contribution < -0.4 is 15.4 Å². The predicted molar refractivity (Wildman–Crippen MR) is 96.6 cm³/mol. The van der Waals surface area contributed by atoms with Gasteiger partial charge in [-0.05, 0) is 50.1 Å². The minimum absolute atomic E-state index is 0. The molecule has 0 bridgehead atoms. The molecule has 0 radical (unpaired) electrons. The maximum Gasteiger partial charge on any atom is 0.251 e. The molecule has 2 aliphatic heterocycles. The Hall–Kier alpha value is -1.19. The largest absolute Gasteiger partial charge is 0.377 e. The average Bonchev–Trinajstić information content (AvgIpc) is 3.27. The van der Waals surface area contributed by atoms with E-state index in [4.69, 9.17) is 4.74 Å². The van der Waals surface area contributed by atoms with Crippen LogP contribution in [0.25, 0.3) is 0 Å². The van der Waals surface area contributed by atoms with Crippen LogP contribution in [0.3, 0.4) is 0 Å². The third-order valence-electron chi connectivity index (χ3n) is 4.35. The normalized spacial score (nSPS) is 23.2. The number of hydrogen-bond donors (Lipinski definition) is 3. The topological polar surface area (TPSA) is 96.5 Å². The molecule has 2 atom stereocenters. The smallest absolute Gasteiger partial charge is 0.251 e. The van der Waals surface area contributed by atoms with Crippen molar-refractivity contribution in [2.24, 2.45) is 0 Å². The SMILES string of the molecule is Cl.O=C(NC1CCNC1)c1ccc(S(=O)(=O)NCC2CCCO2)cc1. The van der Waals surface area contributed by atoms with E-state index in [9.17, 15) is 13.2 Å². The second kappa shape index (κ2) is 8.95. The van der Waals surface area contributed by atoms with Gasteiger partial charge in [0, 0.05) is 31.3 Å². The third kappa shape index (κ3) is 5.39. The van der Waals surface area contributed by atoms with Crippen LogP contribution in [0.15, 0.2) is 29.2 Å². The second-order valence-electron chi connectivity index (χ2n) is 6.17. The lowest BCUT2D eigenvalue weighted by Gasteiger charge is -2.13. The minimum atomic E-state index is -3.58. The van der Waals surface area contributed by atoms with Crippen LogP contribution in [0, 0.1) is 0 Å². The number of nitrogens with one attached hydrogen (secondary N) is 3. The Balaban J connectivity index is 0.00000225. The summed E-state index contributed by atoms with van der Waals surface area (Å²) in [5, 5.41) is 6.12. The van der Waals surface area contributed by atoms with Crippen molar-refractivity contribution >= 4 is 28.3 Å². The van der Waals surface area contributed by atoms with Crippen molar-refractivity contribution in [3.63, 3.8) is 0 Å². The molecule has 2 fully saturated rings. The molecule has 25 heavy (non-hydrogen) atoms. The number of carbonyl (C=O) groups excluding carboxylic acids is 1. The van der Waals surface area contributed by atoms with Gasteiger partial charge in [-0.1, -0.05) is 0 Å². The van der Waals surface area contributed by atoms with E-state index in [1.807, 2.05) is 0 Å². The first-order valence-electron chi connectivity index (χ1n) is 8.27. The van der Waals surface area contributed by atoms with Gasteiger partial charge >= 0.3 is 0 Å². The Morgan fingerprint density at radius 1 is 1.24 bits per heavy atom. The van der Waals surface area contributed by atoms with Gasteiger partial charge in [-0.3, -0.25) is 4.79 Å².